The van der Waals surface area contributed by atoms with Crippen LogP contribution in [0.15, 0.2) is 18.2 Å². The highest BCUT2D eigenvalue weighted by Crippen LogP contribution is 2.18. The molecule has 0 saturated carbocycles. The lowest BCUT2D eigenvalue weighted by atomic mass is 10.1. The highest BCUT2D eigenvalue weighted by Gasteiger charge is 2.15. The van der Waals surface area contributed by atoms with Crippen LogP contribution in [0.3, 0.4) is 0 Å². The van der Waals surface area contributed by atoms with E-state index in [0.717, 1.165) is 5.56 Å². The van der Waals surface area contributed by atoms with Gasteiger partial charge in [-0.2, -0.15) is 0 Å². The molecule has 94 valence electrons. The first-order valence-electron chi connectivity index (χ1n) is 5.53. The molecule has 1 amide bonds. The van der Waals surface area contributed by atoms with E-state index in [4.69, 9.17) is 4.74 Å². The van der Waals surface area contributed by atoms with Crippen LogP contribution in [0.4, 0.5) is 4.79 Å². The third-order valence-electron chi connectivity index (χ3n) is 2.06. The molecule has 0 saturated heterocycles. The van der Waals surface area contributed by atoms with E-state index < -0.39 is 11.7 Å². The van der Waals surface area contributed by atoms with Gasteiger partial charge in [0.25, 0.3) is 0 Å². The molecule has 0 radical (unpaired) electrons. The molecule has 1 aromatic rings. The van der Waals surface area contributed by atoms with Crippen LogP contribution in [0.1, 0.15) is 31.9 Å². The average Bonchev–Trinajstić information content (AvgIpc) is 2.13. The largest absolute Gasteiger partial charge is 0.508 e. The van der Waals surface area contributed by atoms with Crippen molar-refractivity contribution in [2.24, 2.45) is 0 Å². The second kappa shape index (κ2) is 5.08. The minimum absolute atomic E-state index is 0.182. The van der Waals surface area contributed by atoms with Crippen molar-refractivity contribution in [3.8, 4) is 5.75 Å². The summed E-state index contributed by atoms with van der Waals surface area (Å²) in [5.41, 5.74) is 1.13. The fourth-order valence-electron chi connectivity index (χ4n) is 1.30. The van der Waals surface area contributed by atoms with Crippen molar-refractivity contribution in [2.75, 3.05) is 0 Å². The van der Waals surface area contributed by atoms with Gasteiger partial charge in [-0.3, -0.25) is 0 Å². The van der Waals surface area contributed by atoms with Crippen molar-refractivity contribution in [3.05, 3.63) is 29.3 Å². The third kappa shape index (κ3) is 4.76. The van der Waals surface area contributed by atoms with E-state index in [9.17, 15) is 9.90 Å². The summed E-state index contributed by atoms with van der Waals surface area (Å²) in [6.07, 6.45) is -0.488. The van der Waals surface area contributed by atoms with E-state index >= 15 is 0 Å². The number of amides is 1. The molecule has 4 heteroatoms. The summed E-state index contributed by atoms with van der Waals surface area (Å²) in [6.45, 7) is 7.55. The van der Waals surface area contributed by atoms with Crippen molar-refractivity contribution < 1.29 is 14.6 Å². The van der Waals surface area contributed by atoms with E-state index in [-0.39, 0.29) is 12.3 Å². The molecular weight excluding hydrogens is 218 g/mol. The van der Waals surface area contributed by atoms with Gasteiger partial charge in [0.2, 0.25) is 0 Å². The van der Waals surface area contributed by atoms with Gasteiger partial charge in [-0.25, -0.2) is 4.79 Å². The Hall–Kier alpha value is -1.71. The first-order valence-corrected chi connectivity index (χ1v) is 5.53. The Balaban J connectivity index is 2.53. The van der Waals surface area contributed by atoms with Crippen LogP contribution in [-0.4, -0.2) is 16.8 Å². The fraction of sp³-hybridized carbons (Fsp3) is 0.462. The average molecular weight is 237 g/mol. The molecule has 0 heterocycles. The SMILES string of the molecule is Cc1ccc(CNC(=O)OC(C)(C)C)c(O)c1. The summed E-state index contributed by atoms with van der Waals surface area (Å²) in [4.78, 5) is 11.4. The van der Waals surface area contributed by atoms with Gasteiger partial charge in [0.1, 0.15) is 11.4 Å². The van der Waals surface area contributed by atoms with Crippen molar-refractivity contribution in [1.82, 2.24) is 5.32 Å². The highest BCUT2D eigenvalue weighted by molar-refractivity contribution is 5.67. The Bertz CT molecular complexity index is 408. The van der Waals surface area contributed by atoms with E-state index in [1.54, 1.807) is 32.9 Å². The van der Waals surface area contributed by atoms with Crippen molar-refractivity contribution in [3.63, 3.8) is 0 Å². The number of hydrogen-bond donors (Lipinski definition) is 2. The van der Waals surface area contributed by atoms with Crippen LogP contribution in [0, 0.1) is 6.92 Å². The molecule has 0 bridgehead atoms. The number of aryl methyl sites for hydroxylation is 1. The second-order valence-corrected chi connectivity index (χ2v) is 4.99. The van der Waals surface area contributed by atoms with E-state index in [0.29, 0.717) is 5.56 Å². The van der Waals surface area contributed by atoms with Crippen LogP contribution < -0.4 is 5.32 Å². The maximum atomic E-state index is 11.4. The summed E-state index contributed by atoms with van der Waals surface area (Å²) < 4.78 is 5.09. The standard InChI is InChI=1S/C13H19NO3/c1-9-5-6-10(11(15)7-9)8-14-12(16)17-13(2,3)4/h5-7,15H,8H2,1-4H3,(H,14,16). The van der Waals surface area contributed by atoms with Crippen molar-refractivity contribution in [2.45, 2.75) is 39.8 Å². The molecule has 0 aromatic heterocycles. The number of aromatic hydroxyl groups is 1. The summed E-state index contributed by atoms with van der Waals surface area (Å²) in [5, 5.41) is 12.2. The molecule has 4 nitrogen and oxygen atoms in total. The maximum Gasteiger partial charge on any atom is 0.407 e. The third-order valence-corrected chi connectivity index (χ3v) is 2.06. The molecule has 2 N–H and O–H groups in total. The molecule has 0 aliphatic carbocycles. The number of benzene rings is 1. The topological polar surface area (TPSA) is 58.6 Å². The number of carbonyl (C=O) groups is 1. The number of nitrogens with one attached hydrogen (secondary N) is 1. The normalized spacial score (nSPS) is 11.1. The Morgan fingerprint density at radius 1 is 1.41 bits per heavy atom. The number of hydrogen-bond acceptors (Lipinski definition) is 3. The van der Waals surface area contributed by atoms with Crippen molar-refractivity contribution in [1.29, 1.82) is 0 Å². The summed E-state index contributed by atoms with van der Waals surface area (Å²) in [7, 11) is 0. The van der Waals surface area contributed by atoms with Crippen LogP contribution in [0.25, 0.3) is 0 Å². The first kappa shape index (κ1) is 13.4. The second-order valence-electron chi connectivity index (χ2n) is 4.99. The molecule has 0 spiro atoms. The van der Waals surface area contributed by atoms with Gasteiger partial charge in [0, 0.05) is 12.1 Å². The predicted molar refractivity (Wildman–Crippen MR) is 65.9 cm³/mol. The Morgan fingerprint density at radius 3 is 2.59 bits per heavy atom. The zero-order valence-corrected chi connectivity index (χ0v) is 10.7. The van der Waals surface area contributed by atoms with Crippen LogP contribution in [0.5, 0.6) is 5.75 Å². The van der Waals surface area contributed by atoms with E-state index in [2.05, 4.69) is 5.32 Å². The van der Waals surface area contributed by atoms with Crippen LogP contribution in [0.2, 0.25) is 0 Å². The summed E-state index contributed by atoms with van der Waals surface area (Å²) in [6, 6.07) is 5.32. The molecule has 0 unspecified atom stereocenters. The zero-order valence-electron chi connectivity index (χ0n) is 10.7. The number of rotatable bonds is 2. The number of phenols is 1. The van der Waals surface area contributed by atoms with Gasteiger partial charge >= 0.3 is 6.09 Å². The molecule has 17 heavy (non-hydrogen) atoms. The minimum atomic E-state index is -0.514. The molecule has 1 rings (SSSR count). The smallest absolute Gasteiger partial charge is 0.407 e. The van der Waals surface area contributed by atoms with Gasteiger partial charge in [-0.15, -0.1) is 0 Å². The zero-order chi connectivity index (χ0) is 13.1. The number of ether oxygens (including phenoxy) is 1. The number of phenolic OH excluding ortho intramolecular Hbond substituents is 1. The first-order chi connectivity index (χ1) is 7.78. The predicted octanol–water partition coefficient (Wildman–Crippen LogP) is 2.73. The highest BCUT2D eigenvalue weighted by atomic mass is 16.6. The Labute approximate surface area is 102 Å². The van der Waals surface area contributed by atoms with Gasteiger partial charge in [-0.05, 0) is 39.3 Å². The van der Waals surface area contributed by atoms with Gasteiger partial charge in [-0.1, -0.05) is 12.1 Å². The van der Waals surface area contributed by atoms with Gasteiger partial charge in [0.05, 0.1) is 0 Å². The molecule has 0 aliphatic rings. The Kier molecular flexibility index (Phi) is 3.99. The lowest BCUT2D eigenvalue weighted by molar-refractivity contribution is 0.0523. The number of alkyl carbamates (subject to hydrolysis) is 1. The van der Waals surface area contributed by atoms with E-state index in [1.807, 2.05) is 13.0 Å². The van der Waals surface area contributed by atoms with Crippen molar-refractivity contribution >= 4 is 6.09 Å². The molecule has 0 fully saturated rings. The molecule has 0 aliphatic heterocycles. The fourth-order valence-corrected chi connectivity index (χ4v) is 1.30. The number of carbonyl (C=O) groups excluding carboxylic acids is 1. The minimum Gasteiger partial charge on any atom is -0.508 e. The van der Waals surface area contributed by atoms with Crippen LogP contribution >= 0.6 is 0 Å². The molecule has 1 aromatic carbocycles. The monoisotopic (exact) mass is 237 g/mol. The van der Waals surface area contributed by atoms with Gasteiger partial charge in [0.15, 0.2) is 0 Å². The lowest BCUT2D eigenvalue weighted by Gasteiger charge is -2.19. The quantitative estimate of drug-likeness (QED) is 0.831. The maximum absolute atomic E-state index is 11.4. The van der Waals surface area contributed by atoms with E-state index in [1.165, 1.54) is 0 Å². The lowest BCUT2D eigenvalue weighted by Crippen LogP contribution is -2.32. The summed E-state index contributed by atoms with van der Waals surface area (Å²) in [5.74, 6) is 0.182. The summed E-state index contributed by atoms with van der Waals surface area (Å²) >= 11 is 0. The molecule has 0 atom stereocenters. The Morgan fingerprint density at radius 2 is 2.06 bits per heavy atom. The van der Waals surface area contributed by atoms with Crippen LogP contribution in [-0.2, 0) is 11.3 Å². The molecular formula is C13H19NO3. The van der Waals surface area contributed by atoms with Gasteiger partial charge < -0.3 is 15.2 Å².